The van der Waals surface area contributed by atoms with E-state index in [1.54, 1.807) is 28.9 Å². The monoisotopic (exact) mass is 375 g/mol. The minimum absolute atomic E-state index is 0.0599. The van der Waals surface area contributed by atoms with Crippen LogP contribution in [0.1, 0.15) is 39.8 Å². The molecule has 1 fully saturated rings. The number of allylic oxidation sites excluding steroid dienone is 1. The second kappa shape index (κ2) is 9.76. The number of carbonyl (C=O) groups is 2. The third-order valence-electron chi connectivity index (χ3n) is 4.14. The van der Waals surface area contributed by atoms with E-state index in [9.17, 15) is 9.59 Å². The van der Waals surface area contributed by atoms with Crippen molar-refractivity contribution in [3.05, 3.63) is 41.7 Å². The molecule has 1 saturated heterocycles. The Morgan fingerprint density at radius 1 is 1.38 bits per heavy atom. The molecule has 5 nitrogen and oxygen atoms in total. The van der Waals surface area contributed by atoms with Gasteiger partial charge in [-0.1, -0.05) is 25.5 Å². The van der Waals surface area contributed by atoms with Gasteiger partial charge in [-0.15, -0.1) is 11.8 Å². The summed E-state index contributed by atoms with van der Waals surface area (Å²) in [6, 6.07) is 5.35. The lowest BCUT2D eigenvalue weighted by molar-refractivity contribution is -0.136. The van der Waals surface area contributed by atoms with E-state index in [2.05, 4.69) is 24.1 Å². The molecule has 0 aliphatic carbocycles. The summed E-state index contributed by atoms with van der Waals surface area (Å²) < 4.78 is 0. The molecule has 0 aromatic carbocycles. The van der Waals surface area contributed by atoms with E-state index in [4.69, 9.17) is 0 Å². The van der Waals surface area contributed by atoms with Crippen molar-refractivity contribution in [2.75, 3.05) is 12.3 Å². The summed E-state index contributed by atoms with van der Waals surface area (Å²) in [6.07, 6.45) is 4.96. The van der Waals surface area contributed by atoms with Crippen LogP contribution in [0.25, 0.3) is 0 Å². The number of rotatable bonds is 7. The quantitative estimate of drug-likeness (QED) is 0.744. The van der Waals surface area contributed by atoms with Crippen LogP contribution in [0.3, 0.4) is 0 Å². The largest absolute Gasteiger partial charge is 0.354 e. The number of nitrogens with one attached hydrogen (secondary N) is 1. The number of thioether (sulfide) groups is 1. The second-order valence-electron chi connectivity index (χ2n) is 7.26. The molecule has 1 N–H and O–H groups in total. The second-order valence-corrected chi connectivity index (χ2v) is 8.47. The van der Waals surface area contributed by atoms with Crippen LogP contribution in [0.2, 0.25) is 0 Å². The summed E-state index contributed by atoms with van der Waals surface area (Å²) in [5.41, 5.74) is 1.90. The van der Waals surface area contributed by atoms with Crippen molar-refractivity contribution in [3.8, 4) is 0 Å². The molecular weight excluding hydrogens is 346 g/mol. The molecule has 0 radical (unpaired) electrons. The first-order chi connectivity index (χ1) is 12.4. The summed E-state index contributed by atoms with van der Waals surface area (Å²) in [4.78, 5) is 31.4. The fourth-order valence-electron chi connectivity index (χ4n) is 2.94. The van der Waals surface area contributed by atoms with Gasteiger partial charge in [0.2, 0.25) is 11.8 Å². The minimum Gasteiger partial charge on any atom is -0.354 e. The van der Waals surface area contributed by atoms with Crippen molar-refractivity contribution >= 4 is 23.6 Å². The molecule has 26 heavy (non-hydrogen) atoms. The van der Waals surface area contributed by atoms with Gasteiger partial charge in [0.1, 0.15) is 6.04 Å². The van der Waals surface area contributed by atoms with E-state index in [-0.39, 0.29) is 17.2 Å². The zero-order valence-corrected chi connectivity index (χ0v) is 16.9. The molecule has 0 bridgehead atoms. The minimum atomic E-state index is -0.407. The molecule has 2 rings (SSSR count). The Kier molecular flexibility index (Phi) is 7.69. The van der Waals surface area contributed by atoms with Crippen molar-refractivity contribution in [1.29, 1.82) is 0 Å². The maximum Gasteiger partial charge on any atom is 0.248 e. The Labute approximate surface area is 160 Å². The number of aromatic nitrogens is 1. The molecule has 0 spiro atoms. The van der Waals surface area contributed by atoms with Gasteiger partial charge in [0.05, 0.1) is 5.37 Å². The Balaban J connectivity index is 2.01. The summed E-state index contributed by atoms with van der Waals surface area (Å²) in [5.74, 6) is 0.982. The van der Waals surface area contributed by atoms with E-state index < -0.39 is 6.04 Å². The van der Waals surface area contributed by atoms with Crippen LogP contribution in [0.5, 0.6) is 0 Å². The smallest absolute Gasteiger partial charge is 0.248 e. The third kappa shape index (κ3) is 5.87. The van der Waals surface area contributed by atoms with Crippen molar-refractivity contribution in [3.63, 3.8) is 0 Å². The molecular formula is C20H29N3O2S. The summed E-state index contributed by atoms with van der Waals surface area (Å²) in [6.45, 7) is 8.62. The molecule has 2 atom stereocenters. The Morgan fingerprint density at radius 2 is 2.15 bits per heavy atom. The van der Waals surface area contributed by atoms with Gasteiger partial charge in [-0.2, -0.15) is 0 Å². The van der Waals surface area contributed by atoms with Crippen LogP contribution in [0.15, 0.2) is 36.0 Å². The predicted octanol–water partition coefficient (Wildman–Crippen LogP) is 3.02. The van der Waals surface area contributed by atoms with Crippen LogP contribution in [-0.4, -0.2) is 45.4 Å². The Hall–Kier alpha value is -1.82. The number of hydrogen-bond acceptors (Lipinski definition) is 4. The number of pyridine rings is 1. The van der Waals surface area contributed by atoms with E-state index in [0.29, 0.717) is 24.6 Å². The van der Waals surface area contributed by atoms with Gasteiger partial charge in [0, 0.05) is 36.7 Å². The van der Waals surface area contributed by atoms with Crippen molar-refractivity contribution < 1.29 is 9.59 Å². The lowest BCUT2D eigenvalue weighted by Crippen LogP contribution is -2.50. The van der Waals surface area contributed by atoms with Crippen molar-refractivity contribution in [1.82, 2.24) is 15.2 Å². The maximum atomic E-state index is 12.7. The molecule has 2 amide bonds. The fraction of sp³-hybridized carbons (Fsp3) is 0.550. The first kappa shape index (κ1) is 20.5. The molecule has 142 valence electrons. The zero-order valence-electron chi connectivity index (χ0n) is 16.1. The van der Waals surface area contributed by atoms with E-state index in [0.717, 1.165) is 17.7 Å². The molecule has 0 saturated carbocycles. The fourth-order valence-corrected chi connectivity index (χ4v) is 4.59. The summed E-state index contributed by atoms with van der Waals surface area (Å²) >= 11 is 1.70. The third-order valence-corrected chi connectivity index (χ3v) is 5.45. The van der Waals surface area contributed by atoms with Gasteiger partial charge < -0.3 is 10.2 Å². The van der Waals surface area contributed by atoms with Gasteiger partial charge >= 0.3 is 0 Å². The number of hydrogen-bond donors (Lipinski definition) is 1. The molecule has 6 heteroatoms. The highest BCUT2D eigenvalue weighted by atomic mass is 32.2. The van der Waals surface area contributed by atoms with E-state index in [1.807, 2.05) is 32.0 Å². The van der Waals surface area contributed by atoms with Gasteiger partial charge in [0.15, 0.2) is 0 Å². The average Bonchev–Trinajstić information content (AvgIpc) is 2.98. The summed E-state index contributed by atoms with van der Waals surface area (Å²) in [5, 5.41) is 3.04. The van der Waals surface area contributed by atoms with Crippen LogP contribution in [0, 0.1) is 5.92 Å². The molecule has 2 unspecified atom stereocenters. The van der Waals surface area contributed by atoms with Crippen LogP contribution in [-0.2, 0) is 16.0 Å². The van der Waals surface area contributed by atoms with Gasteiger partial charge in [0.25, 0.3) is 0 Å². The predicted molar refractivity (Wildman–Crippen MR) is 107 cm³/mol. The average molecular weight is 376 g/mol. The first-order valence-electron chi connectivity index (χ1n) is 9.15. The van der Waals surface area contributed by atoms with Gasteiger partial charge in [-0.3, -0.25) is 14.6 Å². The van der Waals surface area contributed by atoms with Gasteiger partial charge in [-0.25, -0.2) is 0 Å². The van der Waals surface area contributed by atoms with Crippen LogP contribution >= 0.6 is 11.8 Å². The number of nitrogens with zero attached hydrogens (tertiary/aromatic N) is 2. The van der Waals surface area contributed by atoms with Gasteiger partial charge in [-0.05, 0) is 38.3 Å². The molecule has 1 aliphatic heterocycles. The number of amides is 2. The molecule has 1 aliphatic rings. The molecule has 2 heterocycles. The number of carbonyl (C=O) groups excluding carboxylic acids is 2. The van der Waals surface area contributed by atoms with Crippen molar-refractivity contribution in [2.24, 2.45) is 5.92 Å². The highest BCUT2D eigenvalue weighted by Crippen LogP contribution is 2.33. The lowest BCUT2D eigenvalue weighted by atomic mass is 10.1. The van der Waals surface area contributed by atoms with E-state index in [1.165, 1.54) is 0 Å². The lowest BCUT2D eigenvalue weighted by Gasteiger charge is -2.29. The highest BCUT2D eigenvalue weighted by Gasteiger charge is 2.40. The maximum absolute atomic E-state index is 12.7. The summed E-state index contributed by atoms with van der Waals surface area (Å²) in [7, 11) is 0. The molecule has 1 aromatic rings. The standard InChI is InChI=1S/C20H29N3O2S/c1-14(2)11-18(24)23-17(13-26-19(23)12-15(3)4)20(25)22-10-8-16-7-5-6-9-21-16/h5-7,9,11,15,17,19H,8,10,12-13H2,1-4H3,(H,22,25). The van der Waals surface area contributed by atoms with Crippen LogP contribution < -0.4 is 5.32 Å². The normalized spacial score (nSPS) is 19.5. The Bertz CT molecular complexity index is 642. The van der Waals surface area contributed by atoms with Crippen molar-refractivity contribution in [2.45, 2.75) is 52.0 Å². The van der Waals surface area contributed by atoms with Crippen LogP contribution in [0.4, 0.5) is 0 Å². The first-order valence-corrected chi connectivity index (χ1v) is 10.2. The zero-order chi connectivity index (χ0) is 19.1. The Morgan fingerprint density at radius 3 is 2.77 bits per heavy atom. The molecule has 1 aromatic heterocycles. The topological polar surface area (TPSA) is 62.3 Å². The van der Waals surface area contributed by atoms with E-state index >= 15 is 0 Å². The highest BCUT2D eigenvalue weighted by molar-refractivity contribution is 8.00. The SMILES string of the molecule is CC(C)=CC(=O)N1C(CC(C)C)SCC1C(=O)NCCc1ccccn1.